The molecule has 0 radical (unpaired) electrons. The molecule has 27 heavy (non-hydrogen) atoms. The van der Waals surface area contributed by atoms with Gasteiger partial charge in [0.2, 0.25) is 0 Å². The van der Waals surface area contributed by atoms with Crippen LogP contribution in [0.15, 0.2) is 91.1 Å². The number of benzene rings is 2. The van der Waals surface area contributed by atoms with Crippen molar-refractivity contribution in [2.45, 2.75) is 0 Å². The van der Waals surface area contributed by atoms with Crippen molar-refractivity contribution in [1.29, 1.82) is 0 Å². The second-order valence-corrected chi connectivity index (χ2v) is 5.77. The molecule has 0 unspecified atom stereocenters. The van der Waals surface area contributed by atoms with Crippen molar-refractivity contribution in [3.8, 4) is 22.5 Å². The van der Waals surface area contributed by atoms with Gasteiger partial charge >= 0.3 is 20.4 Å². The van der Waals surface area contributed by atoms with Crippen molar-refractivity contribution in [3.05, 3.63) is 115 Å². The Morgan fingerprint density at radius 3 is 2.41 bits per heavy atom. The van der Waals surface area contributed by atoms with Crippen molar-refractivity contribution in [1.82, 2.24) is 9.97 Å². The minimum atomic E-state index is 0. The van der Waals surface area contributed by atoms with Gasteiger partial charge < -0.3 is 0 Å². The predicted octanol–water partition coefficient (Wildman–Crippen LogP) is 5.47. The van der Waals surface area contributed by atoms with Crippen LogP contribution < -0.4 is 0 Å². The molecule has 4 aromatic rings. The van der Waals surface area contributed by atoms with Gasteiger partial charge in [-0.1, -0.05) is 30.3 Å². The van der Waals surface area contributed by atoms with Crippen LogP contribution in [0.4, 0.5) is 0 Å². The molecule has 0 atom stereocenters. The van der Waals surface area contributed by atoms with Crippen LogP contribution in [0, 0.1) is 12.1 Å². The van der Waals surface area contributed by atoms with Gasteiger partial charge in [0.1, 0.15) is 0 Å². The summed E-state index contributed by atoms with van der Waals surface area (Å²) in [6.45, 7) is 0. The normalized spacial score (nSPS) is 10.5. The largest absolute Gasteiger partial charge is 2.00 e. The van der Waals surface area contributed by atoms with Crippen molar-refractivity contribution < 1.29 is 20.4 Å². The molecular weight excluding hydrogens is 423 g/mol. The Labute approximate surface area is 173 Å². The molecule has 0 fully saturated rings. The summed E-state index contributed by atoms with van der Waals surface area (Å²) in [6.07, 6.45) is 7.07. The fraction of sp³-hybridized carbons (Fsp3) is 0. The minimum absolute atomic E-state index is 0. The van der Waals surface area contributed by atoms with E-state index in [1.807, 2.05) is 72.8 Å². The van der Waals surface area contributed by atoms with E-state index in [4.69, 9.17) is 0 Å². The maximum atomic E-state index is 4.67. The molecule has 132 valence electrons. The third-order valence-electron chi connectivity index (χ3n) is 4.00. The summed E-state index contributed by atoms with van der Waals surface area (Å²) in [6, 6.07) is 31.2. The van der Waals surface area contributed by atoms with Crippen LogP contribution in [-0.4, -0.2) is 9.97 Å². The van der Waals surface area contributed by atoms with Gasteiger partial charge in [-0.05, 0) is 23.9 Å². The van der Waals surface area contributed by atoms with Crippen LogP contribution >= 0.6 is 0 Å². The summed E-state index contributed by atoms with van der Waals surface area (Å²) in [5, 5.41) is 0. The Morgan fingerprint density at radius 1 is 0.778 bits per heavy atom. The standard InChI is InChI=1S/C24H16N2.Pd/c1-2-9-19(10-3-1)22-13-5-4-11-20(22)16-17-21-12-8-15-24(26-21)23-14-6-7-18-25-23;/h1-9,11-15,17-18H;/q-2;+2. The molecule has 0 N–H and O–H groups in total. The zero-order chi connectivity index (χ0) is 17.6. The van der Waals surface area contributed by atoms with Crippen LogP contribution in [0.3, 0.4) is 0 Å². The molecule has 2 heterocycles. The third kappa shape index (κ3) is 4.65. The Kier molecular flexibility index (Phi) is 6.44. The van der Waals surface area contributed by atoms with Gasteiger partial charge in [0.25, 0.3) is 0 Å². The van der Waals surface area contributed by atoms with Crippen LogP contribution in [0.1, 0.15) is 11.3 Å². The topological polar surface area (TPSA) is 25.8 Å². The molecule has 2 aromatic carbocycles. The van der Waals surface area contributed by atoms with Gasteiger partial charge in [0.15, 0.2) is 0 Å². The molecular formula is C24H16N2Pd. The van der Waals surface area contributed by atoms with Crippen molar-refractivity contribution >= 4 is 6.08 Å². The molecule has 0 aliphatic rings. The number of pyridine rings is 2. The SMILES string of the molecule is [C-](=Cc1cccc(-c2ccccn2)n1)c1ccccc1-c1[c-]cccc1.[Pd+2]. The Hall–Kier alpha value is -2.86. The minimum Gasteiger partial charge on any atom is -0.294 e. The van der Waals surface area contributed by atoms with E-state index in [1.165, 1.54) is 0 Å². The summed E-state index contributed by atoms with van der Waals surface area (Å²) in [5.74, 6) is 0. The molecule has 2 nitrogen and oxygen atoms in total. The number of aromatic nitrogens is 2. The molecule has 4 rings (SSSR count). The first-order valence-electron chi connectivity index (χ1n) is 8.44. The van der Waals surface area contributed by atoms with Gasteiger partial charge in [-0.15, -0.1) is 71.3 Å². The van der Waals surface area contributed by atoms with Gasteiger partial charge in [-0.3, -0.25) is 9.97 Å². The number of hydrogen-bond acceptors (Lipinski definition) is 2. The van der Waals surface area contributed by atoms with E-state index in [-0.39, 0.29) is 20.4 Å². The van der Waals surface area contributed by atoms with Crippen LogP contribution in [0.5, 0.6) is 0 Å². The maximum Gasteiger partial charge on any atom is 2.00 e. The summed E-state index contributed by atoms with van der Waals surface area (Å²) in [7, 11) is 0. The molecule has 0 bridgehead atoms. The fourth-order valence-electron chi connectivity index (χ4n) is 2.75. The van der Waals surface area contributed by atoms with E-state index in [0.717, 1.165) is 33.8 Å². The quantitative estimate of drug-likeness (QED) is 0.312. The number of hydrogen-bond donors (Lipinski definition) is 0. The van der Waals surface area contributed by atoms with E-state index in [2.05, 4.69) is 40.3 Å². The van der Waals surface area contributed by atoms with E-state index < -0.39 is 0 Å². The van der Waals surface area contributed by atoms with Gasteiger partial charge in [-0.25, -0.2) is 0 Å². The molecule has 2 aromatic heterocycles. The average Bonchev–Trinajstić information content (AvgIpc) is 2.74. The molecule has 0 aliphatic carbocycles. The van der Waals surface area contributed by atoms with Crippen LogP contribution in [-0.2, 0) is 20.4 Å². The fourth-order valence-corrected chi connectivity index (χ4v) is 2.75. The second kappa shape index (κ2) is 9.19. The third-order valence-corrected chi connectivity index (χ3v) is 4.00. The summed E-state index contributed by atoms with van der Waals surface area (Å²) >= 11 is 0. The Morgan fingerprint density at radius 2 is 1.59 bits per heavy atom. The monoisotopic (exact) mass is 438 g/mol. The van der Waals surface area contributed by atoms with E-state index in [9.17, 15) is 0 Å². The molecule has 3 heteroatoms. The number of nitrogens with zero attached hydrogens (tertiary/aromatic N) is 2. The molecule has 0 aliphatic heterocycles. The van der Waals surface area contributed by atoms with Crippen molar-refractivity contribution in [2.75, 3.05) is 0 Å². The summed E-state index contributed by atoms with van der Waals surface area (Å²) in [4.78, 5) is 9.03. The molecule has 0 spiro atoms. The smallest absolute Gasteiger partial charge is 0.294 e. The summed E-state index contributed by atoms with van der Waals surface area (Å²) < 4.78 is 0. The molecule has 0 saturated carbocycles. The van der Waals surface area contributed by atoms with Crippen molar-refractivity contribution in [2.24, 2.45) is 0 Å². The molecule has 0 saturated heterocycles. The van der Waals surface area contributed by atoms with E-state index in [0.29, 0.717) is 0 Å². The van der Waals surface area contributed by atoms with Crippen molar-refractivity contribution in [3.63, 3.8) is 0 Å². The van der Waals surface area contributed by atoms with E-state index in [1.54, 1.807) is 6.20 Å². The zero-order valence-electron chi connectivity index (χ0n) is 14.4. The second-order valence-electron chi connectivity index (χ2n) is 5.77. The number of rotatable bonds is 4. The van der Waals surface area contributed by atoms with E-state index >= 15 is 0 Å². The average molecular weight is 439 g/mol. The molecule has 0 amide bonds. The predicted molar refractivity (Wildman–Crippen MR) is 105 cm³/mol. The first-order valence-corrected chi connectivity index (χ1v) is 8.44. The first-order chi connectivity index (χ1) is 12.9. The van der Waals surface area contributed by atoms with Gasteiger partial charge in [0, 0.05) is 6.20 Å². The Bertz CT molecular complexity index is 1030. The van der Waals surface area contributed by atoms with Crippen LogP contribution in [0.25, 0.3) is 28.6 Å². The Balaban J connectivity index is 0.00000210. The maximum absolute atomic E-state index is 4.67. The van der Waals surface area contributed by atoms with Crippen LogP contribution in [0.2, 0.25) is 0 Å². The van der Waals surface area contributed by atoms with Gasteiger partial charge in [0.05, 0.1) is 11.4 Å². The van der Waals surface area contributed by atoms with Gasteiger partial charge in [-0.2, -0.15) is 0 Å². The summed E-state index contributed by atoms with van der Waals surface area (Å²) in [5.41, 5.74) is 5.73. The zero-order valence-corrected chi connectivity index (χ0v) is 16.0. The first kappa shape index (κ1) is 18.9.